The fraction of sp³-hybridized carbons (Fsp3) is 0.471. The predicted octanol–water partition coefficient (Wildman–Crippen LogP) is 2.38. The molecule has 1 saturated heterocycles. The van der Waals surface area contributed by atoms with Gasteiger partial charge < -0.3 is 9.47 Å². The molecule has 0 unspecified atom stereocenters. The lowest BCUT2D eigenvalue weighted by Gasteiger charge is -2.22. The second kappa shape index (κ2) is 6.31. The fourth-order valence-electron chi connectivity index (χ4n) is 3.15. The van der Waals surface area contributed by atoms with Gasteiger partial charge in [-0.1, -0.05) is 18.2 Å². The molecule has 0 amide bonds. The van der Waals surface area contributed by atoms with Gasteiger partial charge in [-0.2, -0.15) is 0 Å². The Bertz CT molecular complexity index is 563. The van der Waals surface area contributed by atoms with Crippen molar-refractivity contribution in [1.29, 1.82) is 0 Å². The van der Waals surface area contributed by atoms with Crippen LogP contribution in [0.3, 0.4) is 0 Å². The smallest absolute Gasteiger partial charge is 0.122 e. The van der Waals surface area contributed by atoms with Crippen molar-refractivity contribution < 1.29 is 0 Å². The maximum Gasteiger partial charge on any atom is 0.122 e. The third-order valence-electron chi connectivity index (χ3n) is 4.31. The second-order valence-corrected chi connectivity index (χ2v) is 6.09. The van der Waals surface area contributed by atoms with Gasteiger partial charge in [-0.05, 0) is 31.5 Å². The Morgan fingerprint density at radius 1 is 1.29 bits per heavy atom. The normalized spacial score (nSPS) is 18.6. The molecule has 2 aromatic rings. The number of rotatable bonds is 5. The molecule has 0 spiro atoms. The Balaban J connectivity index is 1.52. The van der Waals surface area contributed by atoms with Crippen molar-refractivity contribution in [2.45, 2.75) is 13.0 Å². The standard InChI is InChI=1S/C17H24N4/c1-19(14-17-18-9-11-20(17)2)12-15-8-10-21(13-15)16-6-4-3-5-7-16/h3-7,9,11,15H,8,10,12-14H2,1-2H3/t15-/m0/s1. The molecule has 2 heterocycles. The van der Waals surface area contributed by atoms with Crippen LogP contribution in [0.5, 0.6) is 0 Å². The number of hydrogen-bond acceptors (Lipinski definition) is 3. The fourth-order valence-corrected chi connectivity index (χ4v) is 3.15. The molecular weight excluding hydrogens is 260 g/mol. The minimum absolute atomic E-state index is 0.746. The number of imidazole rings is 1. The lowest BCUT2D eigenvalue weighted by atomic mass is 10.1. The van der Waals surface area contributed by atoms with Crippen LogP contribution >= 0.6 is 0 Å². The molecule has 21 heavy (non-hydrogen) atoms. The molecule has 1 fully saturated rings. The van der Waals surface area contributed by atoms with Gasteiger partial charge in [0.15, 0.2) is 0 Å². The first kappa shape index (κ1) is 14.1. The average molecular weight is 284 g/mol. The monoisotopic (exact) mass is 284 g/mol. The maximum absolute atomic E-state index is 4.40. The van der Waals surface area contributed by atoms with Crippen LogP contribution in [-0.4, -0.2) is 41.1 Å². The highest BCUT2D eigenvalue weighted by molar-refractivity contribution is 5.46. The van der Waals surface area contributed by atoms with Gasteiger partial charge in [-0.25, -0.2) is 4.98 Å². The quantitative estimate of drug-likeness (QED) is 0.842. The number of aryl methyl sites for hydroxylation is 1. The van der Waals surface area contributed by atoms with Crippen LogP contribution in [0.15, 0.2) is 42.7 Å². The zero-order chi connectivity index (χ0) is 14.7. The van der Waals surface area contributed by atoms with E-state index in [4.69, 9.17) is 0 Å². The molecule has 0 N–H and O–H groups in total. The largest absolute Gasteiger partial charge is 0.371 e. The van der Waals surface area contributed by atoms with Crippen molar-refractivity contribution in [2.24, 2.45) is 13.0 Å². The molecular formula is C17H24N4. The van der Waals surface area contributed by atoms with E-state index < -0.39 is 0 Å². The summed E-state index contributed by atoms with van der Waals surface area (Å²) in [4.78, 5) is 9.29. The van der Waals surface area contributed by atoms with Gasteiger partial charge in [0, 0.05) is 44.8 Å². The summed E-state index contributed by atoms with van der Waals surface area (Å²) >= 11 is 0. The van der Waals surface area contributed by atoms with Crippen LogP contribution in [-0.2, 0) is 13.6 Å². The second-order valence-electron chi connectivity index (χ2n) is 6.09. The number of benzene rings is 1. The van der Waals surface area contributed by atoms with E-state index in [2.05, 4.69) is 63.8 Å². The molecule has 4 nitrogen and oxygen atoms in total. The molecule has 3 rings (SSSR count). The van der Waals surface area contributed by atoms with Gasteiger partial charge >= 0.3 is 0 Å². The molecule has 1 aromatic heterocycles. The van der Waals surface area contributed by atoms with Crippen molar-refractivity contribution in [1.82, 2.24) is 14.5 Å². The topological polar surface area (TPSA) is 24.3 Å². The number of para-hydroxylation sites is 1. The molecule has 1 aromatic carbocycles. The Labute approximate surface area is 127 Å². The summed E-state index contributed by atoms with van der Waals surface area (Å²) in [5, 5.41) is 0. The molecule has 1 aliphatic heterocycles. The summed E-state index contributed by atoms with van der Waals surface area (Å²) < 4.78 is 2.10. The third-order valence-corrected chi connectivity index (χ3v) is 4.31. The highest BCUT2D eigenvalue weighted by Gasteiger charge is 2.23. The van der Waals surface area contributed by atoms with Crippen molar-refractivity contribution >= 4 is 5.69 Å². The van der Waals surface area contributed by atoms with Crippen LogP contribution in [0.4, 0.5) is 5.69 Å². The highest BCUT2D eigenvalue weighted by Crippen LogP contribution is 2.24. The minimum atomic E-state index is 0.746. The minimum Gasteiger partial charge on any atom is -0.371 e. The molecule has 0 saturated carbocycles. The molecule has 112 valence electrons. The summed E-state index contributed by atoms with van der Waals surface area (Å²) in [7, 11) is 4.25. The molecule has 0 radical (unpaired) electrons. The number of nitrogens with zero attached hydrogens (tertiary/aromatic N) is 4. The summed E-state index contributed by atoms with van der Waals surface area (Å²) in [5.41, 5.74) is 1.35. The number of aromatic nitrogens is 2. The van der Waals surface area contributed by atoms with E-state index in [1.807, 2.05) is 12.4 Å². The molecule has 0 bridgehead atoms. The summed E-state index contributed by atoms with van der Waals surface area (Å²) in [6, 6.07) is 10.7. The third kappa shape index (κ3) is 3.45. The van der Waals surface area contributed by atoms with Crippen LogP contribution < -0.4 is 4.90 Å². The Morgan fingerprint density at radius 2 is 2.10 bits per heavy atom. The first-order valence-electron chi connectivity index (χ1n) is 7.67. The Hall–Kier alpha value is -1.81. The molecule has 1 aliphatic rings. The van der Waals surface area contributed by atoms with Gasteiger partial charge in [0.2, 0.25) is 0 Å². The van der Waals surface area contributed by atoms with Crippen molar-refractivity contribution in [3.8, 4) is 0 Å². The summed E-state index contributed by atoms with van der Waals surface area (Å²) in [6.07, 6.45) is 5.16. The van der Waals surface area contributed by atoms with Crippen LogP contribution in [0.1, 0.15) is 12.2 Å². The Kier molecular flexibility index (Phi) is 4.25. The Morgan fingerprint density at radius 3 is 2.81 bits per heavy atom. The lowest BCUT2D eigenvalue weighted by Crippen LogP contribution is -2.28. The van der Waals surface area contributed by atoms with E-state index >= 15 is 0 Å². The van der Waals surface area contributed by atoms with Crippen LogP contribution in [0, 0.1) is 5.92 Å². The van der Waals surface area contributed by atoms with Crippen molar-refractivity contribution in [3.05, 3.63) is 48.5 Å². The first-order valence-corrected chi connectivity index (χ1v) is 7.67. The first-order chi connectivity index (χ1) is 10.2. The van der Waals surface area contributed by atoms with E-state index in [1.54, 1.807) is 0 Å². The van der Waals surface area contributed by atoms with E-state index in [0.717, 1.165) is 31.4 Å². The van der Waals surface area contributed by atoms with Gasteiger partial charge in [0.1, 0.15) is 5.82 Å². The van der Waals surface area contributed by atoms with E-state index in [0.29, 0.717) is 0 Å². The van der Waals surface area contributed by atoms with Crippen molar-refractivity contribution in [3.63, 3.8) is 0 Å². The zero-order valence-corrected chi connectivity index (χ0v) is 12.9. The van der Waals surface area contributed by atoms with Gasteiger partial charge in [-0.15, -0.1) is 0 Å². The molecule has 1 atom stereocenters. The predicted molar refractivity (Wildman–Crippen MR) is 86.3 cm³/mol. The van der Waals surface area contributed by atoms with Crippen LogP contribution in [0.2, 0.25) is 0 Å². The average Bonchev–Trinajstić information content (AvgIpc) is 3.10. The van der Waals surface area contributed by atoms with Crippen molar-refractivity contribution in [2.75, 3.05) is 31.6 Å². The molecule has 4 heteroatoms. The highest BCUT2D eigenvalue weighted by atomic mass is 15.2. The van der Waals surface area contributed by atoms with Gasteiger partial charge in [0.05, 0.1) is 6.54 Å². The maximum atomic E-state index is 4.40. The van der Waals surface area contributed by atoms with Gasteiger partial charge in [-0.3, -0.25) is 4.90 Å². The van der Waals surface area contributed by atoms with E-state index in [1.165, 1.54) is 18.7 Å². The molecule has 0 aliphatic carbocycles. The van der Waals surface area contributed by atoms with E-state index in [-0.39, 0.29) is 0 Å². The van der Waals surface area contributed by atoms with Crippen LogP contribution in [0.25, 0.3) is 0 Å². The summed E-state index contributed by atoms with van der Waals surface area (Å²) in [5.74, 6) is 1.88. The zero-order valence-electron chi connectivity index (χ0n) is 12.9. The van der Waals surface area contributed by atoms with Gasteiger partial charge in [0.25, 0.3) is 0 Å². The number of hydrogen-bond donors (Lipinski definition) is 0. The lowest BCUT2D eigenvalue weighted by molar-refractivity contribution is 0.271. The SMILES string of the molecule is CN(Cc1nccn1C)C[C@@H]1CCN(c2ccccc2)C1. The summed E-state index contributed by atoms with van der Waals surface area (Å²) in [6.45, 7) is 4.39. The number of anilines is 1. The van der Waals surface area contributed by atoms with E-state index in [9.17, 15) is 0 Å².